The van der Waals surface area contributed by atoms with E-state index in [9.17, 15) is 9.59 Å². The third kappa shape index (κ3) is 4.37. The Morgan fingerprint density at radius 1 is 1.08 bits per heavy atom. The molecule has 1 unspecified atom stereocenters. The average molecular weight is 358 g/mol. The molecule has 0 N–H and O–H groups in total. The Balaban J connectivity index is 1.59. The summed E-state index contributed by atoms with van der Waals surface area (Å²) >= 11 is 0. The Hall–Kier alpha value is -2.04. The second-order valence-corrected chi connectivity index (χ2v) is 7.56. The Labute approximate surface area is 156 Å². The molecule has 5 nitrogen and oxygen atoms in total. The molecule has 2 aliphatic rings. The summed E-state index contributed by atoms with van der Waals surface area (Å²) in [6, 6.07) is 6.62. The Morgan fingerprint density at radius 3 is 2.31 bits per heavy atom. The van der Waals surface area contributed by atoms with E-state index in [4.69, 9.17) is 4.74 Å². The quantitative estimate of drug-likeness (QED) is 0.810. The van der Waals surface area contributed by atoms with Crippen LogP contribution in [-0.2, 0) is 9.53 Å². The Kier molecular flexibility index (Phi) is 5.84. The molecular formula is C21H30N2O3. The average Bonchev–Trinajstić information content (AvgIpc) is 3.47. The molecule has 1 aliphatic carbocycles. The van der Waals surface area contributed by atoms with E-state index in [2.05, 4.69) is 32.0 Å². The van der Waals surface area contributed by atoms with Gasteiger partial charge in [-0.25, -0.2) is 4.79 Å². The number of nitrogens with zero attached hydrogens (tertiary/aromatic N) is 2. The number of benzene rings is 1. The van der Waals surface area contributed by atoms with Crippen LogP contribution in [0.25, 0.3) is 0 Å². The number of carbonyl (C=O) groups is 2. The van der Waals surface area contributed by atoms with Crippen LogP contribution in [0.3, 0.4) is 0 Å². The van der Waals surface area contributed by atoms with Crippen molar-refractivity contribution < 1.29 is 14.3 Å². The maximum absolute atomic E-state index is 12.9. The number of amides is 2. The molecule has 1 saturated heterocycles. The molecule has 1 aliphatic heterocycles. The normalized spacial score (nSPS) is 18.6. The smallest absolute Gasteiger partial charge is 0.409 e. The van der Waals surface area contributed by atoms with Gasteiger partial charge in [0.25, 0.3) is 0 Å². The van der Waals surface area contributed by atoms with Crippen LogP contribution in [0.15, 0.2) is 18.2 Å². The van der Waals surface area contributed by atoms with Gasteiger partial charge in [0.1, 0.15) is 0 Å². The van der Waals surface area contributed by atoms with Crippen molar-refractivity contribution in [3.05, 3.63) is 34.9 Å². The zero-order chi connectivity index (χ0) is 18.7. The summed E-state index contributed by atoms with van der Waals surface area (Å²) in [5.41, 5.74) is 3.89. The highest BCUT2D eigenvalue weighted by molar-refractivity contribution is 5.78. The van der Waals surface area contributed by atoms with Gasteiger partial charge in [0.2, 0.25) is 5.91 Å². The highest BCUT2D eigenvalue weighted by Gasteiger charge is 2.35. The van der Waals surface area contributed by atoms with Crippen molar-refractivity contribution in [3.63, 3.8) is 0 Å². The molecule has 142 valence electrons. The van der Waals surface area contributed by atoms with Crippen LogP contribution in [0.5, 0.6) is 0 Å². The minimum atomic E-state index is -0.273. The predicted molar refractivity (Wildman–Crippen MR) is 101 cm³/mol. The molecule has 2 amide bonds. The SMILES string of the molecule is CCOC(=O)N1CCN(C(=O)CC(c2ccc(C)c(C)c2)C2CC2)CC1. The van der Waals surface area contributed by atoms with Crippen molar-refractivity contribution in [2.75, 3.05) is 32.8 Å². The van der Waals surface area contributed by atoms with Gasteiger partial charge in [-0.2, -0.15) is 0 Å². The van der Waals surface area contributed by atoms with Gasteiger partial charge in [0.05, 0.1) is 6.61 Å². The lowest BCUT2D eigenvalue weighted by Gasteiger charge is -2.35. The van der Waals surface area contributed by atoms with Gasteiger partial charge in [-0.15, -0.1) is 0 Å². The first-order valence-electron chi connectivity index (χ1n) is 9.76. The second-order valence-electron chi connectivity index (χ2n) is 7.56. The molecule has 26 heavy (non-hydrogen) atoms. The summed E-state index contributed by atoms with van der Waals surface area (Å²) in [5.74, 6) is 1.18. The molecule has 0 aromatic heterocycles. The standard InChI is InChI=1S/C21H30N2O3/c1-4-26-21(25)23-11-9-22(10-12-23)20(24)14-19(17-7-8-17)18-6-5-15(2)16(3)13-18/h5-6,13,17,19H,4,7-12,14H2,1-3H3. The third-order valence-corrected chi connectivity index (χ3v) is 5.70. The number of rotatable bonds is 5. The molecule has 3 rings (SSSR count). The fourth-order valence-corrected chi connectivity index (χ4v) is 3.72. The van der Waals surface area contributed by atoms with Crippen molar-refractivity contribution >= 4 is 12.0 Å². The maximum Gasteiger partial charge on any atom is 0.409 e. The van der Waals surface area contributed by atoms with Crippen molar-refractivity contribution in [3.8, 4) is 0 Å². The topological polar surface area (TPSA) is 49.9 Å². The summed E-state index contributed by atoms with van der Waals surface area (Å²) in [4.78, 5) is 28.3. The number of hydrogen-bond donors (Lipinski definition) is 0. The van der Waals surface area contributed by atoms with Gasteiger partial charge in [-0.05, 0) is 62.1 Å². The highest BCUT2D eigenvalue weighted by Crippen LogP contribution is 2.45. The summed E-state index contributed by atoms with van der Waals surface area (Å²) in [7, 11) is 0. The minimum absolute atomic E-state index is 0.212. The minimum Gasteiger partial charge on any atom is -0.450 e. The van der Waals surface area contributed by atoms with Crippen LogP contribution in [0.1, 0.15) is 48.8 Å². The van der Waals surface area contributed by atoms with E-state index in [1.165, 1.54) is 29.5 Å². The number of aryl methyl sites for hydroxylation is 2. The zero-order valence-electron chi connectivity index (χ0n) is 16.2. The van der Waals surface area contributed by atoms with Crippen LogP contribution < -0.4 is 0 Å². The van der Waals surface area contributed by atoms with Gasteiger partial charge >= 0.3 is 6.09 Å². The lowest BCUT2D eigenvalue weighted by Crippen LogP contribution is -2.51. The van der Waals surface area contributed by atoms with E-state index in [0.717, 1.165) is 0 Å². The molecule has 0 spiro atoms. The van der Waals surface area contributed by atoms with Crippen LogP contribution in [0.4, 0.5) is 4.79 Å². The number of ether oxygens (including phenoxy) is 1. The van der Waals surface area contributed by atoms with Gasteiger partial charge in [-0.1, -0.05) is 18.2 Å². The van der Waals surface area contributed by atoms with Crippen molar-refractivity contribution in [1.29, 1.82) is 0 Å². The van der Waals surface area contributed by atoms with Gasteiger partial charge in [0, 0.05) is 32.6 Å². The van der Waals surface area contributed by atoms with E-state index >= 15 is 0 Å². The first-order chi connectivity index (χ1) is 12.5. The first kappa shape index (κ1) is 18.7. The molecule has 2 fully saturated rings. The molecule has 1 saturated carbocycles. The van der Waals surface area contributed by atoms with E-state index in [1.54, 1.807) is 4.90 Å². The Bertz CT molecular complexity index is 661. The van der Waals surface area contributed by atoms with Crippen molar-refractivity contribution in [1.82, 2.24) is 9.80 Å². The van der Waals surface area contributed by atoms with Crippen LogP contribution in [0, 0.1) is 19.8 Å². The van der Waals surface area contributed by atoms with Crippen LogP contribution >= 0.6 is 0 Å². The fraction of sp³-hybridized carbons (Fsp3) is 0.619. The molecule has 1 aromatic rings. The van der Waals surface area contributed by atoms with Gasteiger partial charge < -0.3 is 14.5 Å². The lowest BCUT2D eigenvalue weighted by atomic mass is 9.88. The van der Waals surface area contributed by atoms with Gasteiger partial charge in [0.15, 0.2) is 0 Å². The third-order valence-electron chi connectivity index (χ3n) is 5.70. The molecule has 1 atom stereocenters. The molecule has 5 heteroatoms. The number of carbonyl (C=O) groups excluding carboxylic acids is 2. The van der Waals surface area contributed by atoms with Crippen LogP contribution in [-0.4, -0.2) is 54.6 Å². The second kappa shape index (κ2) is 8.11. The lowest BCUT2D eigenvalue weighted by molar-refractivity contribution is -0.133. The summed E-state index contributed by atoms with van der Waals surface area (Å²) in [6.45, 7) is 8.77. The fourth-order valence-electron chi connectivity index (χ4n) is 3.72. The van der Waals surface area contributed by atoms with Gasteiger partial charge in [-0.3, -0.25) is 4.79 Å². The van der Waals surface area contributed by atoms with E-state index in [-0.39, 0.29) is 12.0 Å². The van der Waals surface area contributed by atoms with Crippen molar-refractivity contribution in [2.45, 2.75) is 46.0 Å². The monoisotopic (exact) mass is 358 g/mol. The number of hydrogen-bond acceptors (Lipinski definition) is 3. The molecule has 1 heterocycles. The van der Waals surface area contributed by atoms with E-state index in [0.29, 0.717) is 51.0 Å². The summed E-state index contributed by atoms with van der Waals surface area (Å²) < 4.78 is 5.04. The maximum atomic E-state index is 12.9. The van der Waals surface area contributed by atoms with Crippen molar-refractivity contribution in [2.24, 2.45) is 5.92 Å². The summed E-state index contributed by atoms with van der Waals surface area (Å²) in [6.07, 6.45) is 2.75. The molecule has 0 radical (unpaired) electrons. The van der Waals surface area contributed by atoms with Crippen LogP contribution in [0.2, 0.25) is 0 Å². The molecule has 1 aromatic carbocycles. The molecular weight excluding hydrogens is 328 g/mol. The predicted octanol–water partition coefficient (Wildman–Crippen LogP) is 3.49. The summed E-state index contributed by atoms with van der Waals surface area (Å²) in [5, 5.41) is 0. The molecule has 0 bridgehead atoms. The highest BCUT2D eigenvalue weighted by atomic mass is 16.6. The number of piperazine rings is 1. The van der Waals surface area contributed by atoms with E-state index < -0.39 is 0 Å². The Morgan fingerprint density at radius 2 is 1.73 bits per heavy atom. The first-order valence-corrected chi connectivity index (χ1v) is 9.76. The zero-order valence-corrected chi connectivity index (χ0v) is 16.2. The van der Waals surface area contributed by atoms with E-state index in [1.807, 2.05) is 11.8 Å². The largest absolute Gasteiger partial charge is 0.450 e.